The molecule has 0 aliphatic carbocycles. The van der Waals surface area contributed by atoms with Gasteiger partial charge < -0.3 is 29.5 Å². The maximum Gasteiger partial charge on any atom is 0.246 e. The van der Waals surface area contributed by atoms with Gasteiger partial charge in [-0.25, -0.2) is 19.9 Å². The molecule has 2 saturated heterocycles. The lowest BCUT2D eigenvalue weighted by atomic mass is 10.0. The van der Waals surface area contributed by atoms with Crippen LogP contribution in [0, 0.1) is 0 Å². The highest BCUT2D eigenvalue weighted by molar-refractivity contribution is 5.92. The van der Waals surface area contributed by atoms with E-state index in [9.17, 15) is 9.90 Å². The second-order valence-corrected chi connectivity index (χ2v) is 9.60. The number of carbonyl (C=O) groups is 1. The fourth-order valence-corrected chi connectivity index (χ4v) is 5.04. The summed E-state index contributed by atoms with van der Waals surface area (Å²) in [6, 6.07) is 9.84. The van der Waals surface area contributed by atoms with Crippen molar-refractivity contribution in [3.8, 4) is 11.3 Å². The van der Waals surface area contributed by atoms with Gasteiger partial charge in [0.2, 0.25) is 11.9 Å². The van der Waals surface area contributed by atoms with E-state index in [1.807, 2.05) is 29.2 Å². The predicted molar refractivity (Wildman–Crippen MR) is 147 cm³/mol. The first kappa shape index (κ1) is 25.0. The van der Waals surface area contributed by atoms with E-state index in [2.05, 4.69) is 42.5 Å². The number of aromatic nitrogens is 5. The summed E-state index contributed by atoms with van der Waals surface area (Å²) >= 11 is 0. The van der Waals surface area contributed by atoms with Gasteiger partial charge in [-0.05, 0) is 23.3 Å². The Hall–Kier alpha value is -4.35. The summed E-state index contributed by atoms with van der Waals surface area (Å²) in [7, 11) is 0. The van der Waals surface area contributed by atoms with Gasteiger partial charge in [0.15, 0.2) is 0 Å². The van der Waals surface area contributed by atoms with Crippen LogP contribution in [0.2, 0.25) is 0 Å². The standard InChI is InChI=1S/C28H30N8O3/c1-2-24(37)34-7-9-36(10-8-34)28-29-16-21(17-30-28)25(38)20-5-3-19(4-6-20)23-15-22-26(33-23)31-18-32-27(22)35-11-13-39-14-12-35/h2-6,15-18,25,38H,1,7-14H2,(H,31,32,33)/t25-/m1/s1. The number of ether oxygens (including phenoxy) is 1. The van der Waals surface area contributed by atoms with Crippen LogP contribution in [0.1, 0.15) is 17.2 Å². The van der Waals surface area contributed by atoms with E-state index in [4.69, 9.17) is 4.74 Å². The van der Waals surface area contributed by atoms with Gasteiger partial charge in [-0.3, -0.25) is 4.79 Å². The summed E-state index contributed by atoms with van der Waals surface area (Å²) < 4.78 is 5.48. The number of amides is 1. The molecule has 1 aromatic carbocycles. The minimum absolute atomic E-state index is 0.0592. The quantitative estimate of drug-likeness (QED) is 0.364. The Kier molecular flexibility index (Phi) is 6.91. The van der Waals surface area contributed by atoms with E-state index >= 15 is 0 Å². The molecule has 11 heteroatoms. The number of aliphatic hydroxyl groups excluding tert-OH is 1. The van der Waals surface area contributed by atoms with Crippen molar-refractivity contribution in [3.05, 3.63) is 72.8 Å². The molecule has 0 unspecified atom stereocenters. The monoisotopic (exact) mass is 526 g/mol. The Labute approximate surface area is 225 Å². The summed E-state index contributed by atoms with van der Waals surface area (Å²) in [5.74, 6) is 1.44. The molecule has 1 atom stereocenters. The summed E-state index contributed by atoms with van der Waals surface area (Å²) in [6.07, 6.45) is 5.39. The number of hydrogen-bond acceptors (Lipinski definition) is 9. The van der Waals surface area contributed by atoms with Crippen LogP contribution < -0.4 is 9.80 Å². The van der Waals surface area contributed by atoms with Gasteiger partial charge in [-0.2, -0.15) is 0 Å². The third-order valence-corrected chi connectivity index (χ3v) is 7.28. The minimum Gasteiger partial charge on any atom is -0.384 e. The Morgan fingerprint density at radius 1 is 0.949 bits per heavy atom. The van der Waals surface area contributed by atoms with Crippen LogP contribution in [0.4, 0.5) is 11.8 Å². The molecule has 2 N–H and O–H groups in total. The molecule has 0 saturated carbocycles. The van der Waals surface area contributed by atoms with E-state index < -0.39 is 6.10 Å². The molecule has 3 aromatic heterocycles. The number of anilines is 2. The number of nitrogens with zero attached hydrogens (tertiary/aromatic N) is 7. The maximum absolute atomic E-state index is 11.8. The van der Waals surface area contributed by atoms with Gasteiger partial charge in [0, 0.05) is 62.9 Å². The molecular formula is C28H30N8O3. The van der Waals surface area contributed by atoms with Crippen molar-refractivity contribution in [2.75, 3.05) is 62.3 Å². The van der Waals surface area contributed by atoms with Gasteiger partial charge >= 0.3 is 0 Å². The zero-order chi connectivity index (χ0) is 26.8. The van der Waals surface area contributed by atoms with Crippen molar-refractivity contribution in [2.24, 2.45) is 0 Å². The molecule has 4 aromatic rings. The summed E-state index contributed by atoms with van der Waals surface area (Å²) in [5, 5.41) is 12.0. The lowest BCUT2D eigenvalue weighted by Gasteiger charge is -2.34. The molecule has 200 valence electrons. The van der Waals surface area contributed by atoms with Crippen molar-refractivity contribution in [1.29, 1.82) is 0 Å². The summed E-state index contributed by atoms with van der Waals surface area (Å²) in [5.41, 5.74) is 4.07. The Morgan fingerprint density at radius 3 is 2.36 bits per heavy atom. The number of hydrogen-bond donors (Lipinski definition) is 2. The fourth-order valence-electron chi connectivity index (χ4n) is 5.04. The molecule has 0 spiro atoms. The van der Waals surface area contributed by atoms with Gasteiger partial charge in [0.25, 0.3) is 0 Å². The van der Waals surface area contributed by atoms with Crippen molar-refractivity contribution in [1.82, 2.24) is 29.8 Å². The van der Waals surface area contributed by atoms with Crippen LogP contribution in [0.15, 0.2) is 61.7 Å². The van der Waals surface area contributed by atoms with E-state index in [0.29, 0.717) is 50.9 Å². The fraction of sp³-hybridized carbons (Fsp3) is 0.321. The third kappa shape index (κ3) is 5.06. The number of nitrogens with one attached hydrogen (secondary N) is 1. The molecule has 2 aliphatic heterocycles. The molecular weight excluding hydrogens is 496 g/mol. The van der Waals surface area contributed by atoms with Crippen LogP contribution in [-0.4, -0.2) is 93.3 Å². The molecule has 0 bridgehead atoms. The molecule has 39 heavy (non-hydrogen) atoms. The van der Waals surface area contributed by atoms with Crippen LogP contribution in [-0.2, 0) is 9.53 Å². The molecule has 5 heterocycles. The lowest BCUT2D eigenvalue weighted by molar-refractivity contribution is -0.126. The van der Waals surface area contributed by atoms with Gasteiger partial charge in [-0.1, -0.05) is 30.8 Å². The van der Waals surface area contributed by atoms with Crippen molar-refractivity contribution < 1.29 is 14.6 Å². The summed E-state index contributed by atoms with van der Waals surface area (Å²) in [4.78, 5) is 39.1. The van der Waals surface area contributed by atoms with Crippen LogP contribution in [0.5, 0.6) is 0 Å². The first-order chi connectivity index (χ1) is 19.1. The number of benzene rings is 1. The van der Waals surface area contributed by atoms with Gasteiger partial charge in [0.1, 0.15) is 23.9 Å². The van der Waals surface area contributed by atoms with Gasteiger partial charge in [0.05, 0.1) is 18.6 Å². The molecule has 1 amide bonds. The maximum atomic E-state index is 11.8. The highest BCUT2D eigenvalue weighted by Gasteiger charge is 2.22. The number of morpholine rings is 1. The summed E-state index contributed by atoms with van der Waals surface area (Å²) in [6.45, 7) is 9.03. The minimum atomic E-state index is -0.850. The topological polar surface area (TPSA) is 124 Å². The molecule has 2 fully saturated rings. The average Bonchev–Trinajstić information content (AvgIpc) is 3.46. The Balaban J connectivity index is 1.14. The van der Waals surface area contributed by atoms with E-state index in [-0.39, 0.29) is 5.91 Å². The zero-order valence-electron chi connectivity index (χ0n) is 21.5. The lowest BCUT2D eigenvalue weighted by Crippen LogP contribution is -2.48. The highest BCUT2D eigenvalue weighted by atomic mass is 16.5. The predicted octanol–water partition coefficient (Wildman–Crippen LogP) is 2.17. The second kappa shape index (κ2) is 10.8. The number of fused-ring (bicyclic) bond motifs is 1. The third-order valence-electron chi connectivity index (χ3n) is 7.28. The number of aromatic amines is 1. The molecule has 2 aliphatic rings. The first-order valence-corrected chi connectivity index (χ1v) is 13.0. The van der Waals surface area contributed by atoms with Crippen LogP contribution in [0.25, 0.3) is 22.3 Å². The number of rotatable bonds is 6. The zero-order valence-corrected chi connectivity index (χ0v) is 21.5. The molecule has 11 nitrogen and oxygen atoms in total. The van der Waals surface area contributed by atoms with E-state index in [0.717, 1.165) is 46.8 Å². The van der Waals surface area contributed by atoms with Gasteiger partial charge in [-0.15, -0.1) is 0 Å². The number of carbonyl (C=O) groups excluding carboxylic acids is 1. The van der Waals surface area contributed by atoms with Crippen molar-refractivity contribution >= 4 is 28.7 Å². The van der Waals surface area contributed by atoms with E-state index in [1.165, 1.54) is 6.08 Å². The molecule has 6 rings (SSSR count). The largest absolute Gasteiger partial charge is 0.384 e. The Bertz CT molecular complexity index is 1460. The Morgan fingerprint density at radius 2 is 1.67 bits per heavy atom. The van der Waals surface area contributed by atoms with Crippen molar-refractivity contribution in [3.63, 3.8) is 0 Å². The first-order valence-electron chi connectivity index (χ1n) is 13.0. The SMILES string of the molecule is C=CC(=O)N1CCN(c2ncc([C@H](O)c3ccc(-c4cc5c(N6CCOCC6)ncnc5[nH]4)cc3)cn2)CC1. The van der Waals surface area contributed by atoms with Crippen LogP contribution >= 0.6 is 0 Å². The smallest absolute Gasteiger partial charge is 0.246 e. The normalized spacial score (nSPS) is 16.9. The van der Waals surface area contributed by atoms with Crippen molar-refractivity contribution in [2.45, 2.75) is 6.10 Å². The highest BCUT2D eigenvalue weighted by Crippen LogP contribution is 2.30. The number of H-pyrrole nitrogens is 1. The molecule has 0 radical (unpaired) electrons. The number of aliphatic hydroxyl groups is 1. The number of piperazine rings is 1. The second-order valence-electron chi connectivity index (χ2n) is 9.60. The van der Waals surface area contributed by atoms with Crippen LogP contribution in [0.3, 0.4) is 0 Å². The van der Waals surface area contributed by atoms with E-state index in [1.54, 1.807) is 23.6 Å². The average molecular weight is 527 g/mol.